The molecule has 0 fully saturated rings. The number of rotatable bonds is 9. The zero-order chi connectivity index (χ0) is 31.4. The summed E-state index contributed by atoms with van der Waals surface area (Å²) in [5.41, 5.74) is 0. The molecule has 4 nitrogen and oxygen atoms in total. The lowest BCUT2D eigenvalue weighted by molar-refractivity contribution is -0.0736. The number of benzene rings is 4. The highest BCUT2D eigenvalue weighted by Crippen LogP contribution is 2.40. The van der Waals surface area contributed by atoms with E-state index in [2.05, 4.69) is 139 Å². The molecule has 0 saturated carbocycles. The standard InChI is InChI=1S/C38H46O4Si2/c1-37(2,3)43(30-19-11-7-12-20-30,31-21-13-8-14-22-31)41-29-35-36(39)34(27-28-40-35)42-44(38(4,5)6,32-23-15-9-16-24-32)33-25-17-10-18-26-33/h7-28,34-36,39H,29H2,1-6H3/t34-,35-,36+/m1/s1. The molecule has 1 heterocycles. The third-order valence-corrected chi connectivity index (χ3v) is 18.9. The van der Waals surface area contributed by atoms with Gasteiger partial charge in [-0.25, -0.2) is 0 Å². The van der Waals surface area contributed by atoms with Crippen molar-refractivity contribution in [3.05, 3.63) is 134 Å². The van der Waals surface area contributed by atoms with E-state index in [-0.39, 0.29) is 16.7 Å². The van der Waals surface area contributed by atoms with Crippen LogP contribution in [0.1, 0.15) is 41.5 Å². The van der Waals surface area contributed by atoms with Crippen molar-refractivity contribution in [1.29, 1.82) is 0 Å². The molecule has 0 radical (unpaired) electrons. The van der Waals surface area contributed by atoms with Crippen molar-refractivity contribution < 1.29 is 18.7 Å². The van der Waals surface area contributed by atoms with Crippen LogP contribution in [0.2, 0.25) is 10.1 Å². The zero-order valence-corrected chi connectivity index (χ0v) is 28.8. The van der Waals surface area contributed by atoms with Crippen LogP contribution in [0.5, 0.6) is 0 Å². The van der Waals surface area contributed by atoms with Crippen molar-refractivity contribution in [3.63, 3.8) is 0 Å². The van der Waals surface area contributed by atoms with E-state index in [0.29, 0.717) is 0 Å². The highest BCUT2D eigenvalue weighted by molar-refractivity contribution is 7.00. The summed E-state index contributed by atoms with van der Waals surface area (Å²) in [5.74, 6) is 0. The van der Waals surface area contributed by atoms with Crippen LogP contribution in [0, 0.1) is 0 Å². The van der Waals surface area contributed by atoms with E-state index in [4.69, 9.17) is 13.6 Å². The maximum Gasteiger partial charge on any atom is 0.262 e. The van der Waals surface area contributed by atoms with Crippen molar-refractivity contribution in [2.45, 2.75) is 69.9 Å². The fourth-order valence-electron chi connectivity index (χ4n) is 6.74. The van der Waals surface area contributed by atoms with Gasteiger partial charge in [-0.3, -0.25) is 0 Å². The van der Waals surface area contributed by atoms with E-state index >= 15 is 0 Å². The number of aliphatic hydroxyl groups excluding tert-OH is 1. The molecule has 3 atom stereocenters. The topological polar surface area (TPSA) is 47.9 Å². The van der Waals surface area contributed by atoms with Crippen molar-refractivity contribution >= 4 is 37.4 Å². The molecule has 1 aliphatic heterocycles. The predicted molar refractivity (Wildman–Crippen MR) is 186 cm³/mol. The number of ether oxygens (including phenoxy) is 1. The van der Waals surface area contributed by atoms with Gasteiger partial charge in [0.25, 0.3) is 16.6 Å². The Kier molecular flexibility index (Phi) is 9.49. The van der Waals surface area contributed by atoms with Gasteiger partial charge in [-0.05, 0) is 36.9 Å². The van der Waals surface area contributed by atoms with Crippen molar-refractivity contribution in [2.24, 2.45) is 0 Å². The SMILES string of the molecule is CC(C)(C)[Si](OC[C@H]1OC=C[C@@H](O[Si](c2ccccc2)(c2ccccc2)C(C)(C)C)[C@@H]1O)(c1ccccc1)c1ccccc1. The second-order valence-corrected chi connectivity index (χ2v) is 22.3. The predicted octanol–water partition coefficient (Wildman–Crippen LogP) is 5.78. The molecule has 0 bridgehead atoms. The molecule has 0 amide bonds. The lowest BCUT2D eigenvalue weighted by Gasteiger charge is -2.47. The molecule has 0 unspecified atom stereocenters. The molecule has 0 aromatic heterocycles. The molecule has 1 N–H and O–H groups in total. The van der Waals surface area contributed by atoms with E-state index in [0.717, 1.165) is 0 Å². The van der Waals surface area contributed by atoms with E-state index in [1.54, 1.807) is 6.26 Å². The summed E-state index contributed by atoms with van der Waals surface area (Å²) in [6.45, 7) is 13.7. The van der Waals surface area contributed by atoms with Crippen LogP contribution in [-0.4, -0.2) is 46.7 Å². The van der Waals surface area contributed by atoms with Gasteiger partial charge in [0.2, 0.25) is 0 Å². The highest BCUT2D eigenvalue weighted by Gasteiger charge is 2.54. The second-order valence-electron chi connectivity index (χ2n) is 13.7. The Bertz CT molecular complexity index is 1420. The number of aliphatic hydroxyl groups is 1. The van der Waals surface area contributed by atoms with Gasteiger partial charge >= 0.3 is 0 Å². The Morgan fingerprint density at radius 1 is 0.591 bits per heavy atom. The molecule has 1 aliphatic rings. The molecular weight excluding hydrogens is 577 g/mol. The largest absolute Gasteiger partial charge is 0.493 e. The maximum atomic E-state index is 11.9. The first kappa shape index (κ1) is 32.1. The lowest BCUT2D eigenvalue weighted by atomic mass is 10.1. The summed E-state index contributed by atoms with van der Waals surface area (Å²) < 4.78 is 20.6. The third kappa shape index (κ3) is 6.02. The summed E-state index contributed by atoms with van der Waals surface area (Å²) in [6.07, 6.45) is 1.48. The molecule has 0 saturated heterocycles. The van der Waals surface area contributed by atoms with E-state index in [1.165, 1.54) is 20.7 Å². The Morgan fingerprint density at radius 2 is 0.955 bits per heavy atom. The summed E-state index contributed by atoms with van der Waals surface area (Å²) in [5, 5.41) is 16.3. The average Bonchev–Trinajstić information content (AvgIpc) is 3.02. The molecule has 0 aliphatic carbocycles. The van der Waals surface area contributed by atoms with E-state index in [9.17, 15) is 5.11 Å². The van der Waals surface area contributed by atoms with Crippen LogP contribution in [0.25, 0.3) is 0 Å². The van der Waals surface area contributed by atoms with Crippen molar-refractivity contribution in [3.8, 4) is 0 Å². The smallest absolute Gasteiger partial charge is 0.262 e. The summed E-state index contributed by atoms with van der Waals surface area (Å²) >= 11 is 0. The second kappa shape index (κ2) is 13.0. The summed E-state index contributed by atoms with van der Waals surface area (Å²) in [7, 11) is -5.72. The Balaban J connectivity index is 1.50. The summed E-state index contributed by atoms with van der Waals surface area (Å²) in [4.78, 5) is 0. The van der Waals surface area contributed by atoms with Gasteiger partial charge in [-0.2, -0.15) is 0 Å². The van der Waals surface area contributed by atoms with E-state index in [1.807, 2.05) is 30.3 Å². The maximum absolute atomic E-state index is 11.9. The van der Waals surface area contributed by atoms with Crippen molar-refractivity contribution in [1.82, 2.24) is 0 Å². The van der Waals surface area contributed by atoms with Gasteiger partial charge in [0.1, 0.15) is 12.2 Å². The fraction of sp³-hybridized carbons (Fsp3) is 0.316. The minimum absolute atomic E-state index is 0.185. The normalized spacial score (nSPS) is 19.4. The molecule has 44 heavy (non-hydrogen) atoms. The number of hydrogen-bond acceptors (Lipinski definition) is 4. The summed E-state index contributed by atoms with van der Waals surface area (Å²) in [6, 6.07) is 42.2. The van der Waals surface area contributed by atoms with Crippen molar-refractivity contribution in [2.75, 3.05) is 6.61 Å². The first-order chi connectivity index (χ1) is 21.0. The quantitative estimate of drug-likeness (QED) is 0.241. The fourth-order valence-corrected chi connectivity index (χ4v) is 16.0. The Hall–Kier alpha value is -3.27. The average molecular weight is 623 g/mol. The van der Waals surface area contributed by atoms with Gasteiger partial charge in [0, 0.05) is 0 Å². The third-order valence-electron chi connectivity index (χ3n) is 8.85. The molecule has 6 heteroatoms. The molecule has 0 spiro atoms. The van der Waals surface area contributed by atoms with Crippen LogP contribution in [0.4, 0.5) is 0 Å². The zero-order valence-electron chi connectivity index (χ0n) is 26.8. The van der Waals surface area contributed by atoms with Crippen LogP contribution in [0.3, 0.4) is 0 Å². The van der Waals surface area contributed by atoms with Gasteiger partial charge in [-0.1, -0.05) is 163 Å². The first-order valence-corrected chi connectivity index (χ1v) is 19.4. The molecule has 4 aromatic rings. The Labute approximate surface area is 265 Å². The van der Waals surface area contributed by atoms with Gasteiger partial charge in [0.05, 0.1) is 19.0 Å². The minimum Gasteiger partial charge on any atom is -0.493 e. The first-order valence-electron chi connectivity index (χ1n) is 15.5. The van der Waals surface area contributed by atoms with Crippen LogP contribution < -0.4 is 20.7 Å². The molecule has 230 valence electrons. The number of hydrogen-bond donors (Lipinski definition) is 1. The van der Waals surface area contributed by atoms with Gasteiger partial charge in [-0.15, -0.1) is 0 Å². The minimum atomic E-state index is -2.90. The van der Waals surface area contributed by atoms with Gasteiger partial charge < -0.3 is 18.7 Å². The lowest BCUT2D eigenvalue weighted by Crippen LogP contribution is -2.69. The molecule has 4 aromatic carbocycles. The van der Waals surface area contributed by atoms with E-state index < -0.39 is 34.9 Å². The van der Waals surface area contributed by atoms with Crippen LogP contribution >= 0.6 is 0 Å². The molecule has 5 rings (SSSR count). The Morgan fingerprint density at radius 3 is 1.32 bits per heavy atom. The molecular formula is C38H46O4Si2. The van der Waals surface area contributed by atoms with Gasteiger partial charge in [0.15, 0.2) is 0 Å². The van der Waals surface area contributed by atoms with Crippen LogP contribution in [-0.2, 0) is 13.6 Å². The monoisotopic (exact) mass is 622 g/mol. The van der Waals surface area contributed by atoms with Crippen LogP contribution in [0.15, 0.2) is 134 Å². The highest BCUT2D eigenvalue weighted by atomic mass is 28.4.